The van der Waals surface area contributed by atoms with Gasteiger partial charge < -0.3 is 5.32 Å². The van der Waals surface area contributed by atoms with Gasteiger partial charge in [-0.15, -0.1) is 0 Å². The summed E-state index contributed by atoms with van der Waals surface area (Å²) in [5.74, 6) is -0.363. The summed E-state index contributed by atoms with van der Waals surface area (Å²) >= 11 is 0. The van der Waals surface area contributed by atoms with E-state index in [4.69, 9.17) is 0 Å². The predicted molar refractivity (Wildman–Crippen MR) is 99.8 cm³/mol. The number of aryl methyl sites for hydroxylation is 1. The number of benzene rings is 2. The summed E-state index contributed by atoms with van der Waals surface area (Å²) in [7, 11) is 0. The van der Waals surface area contributed by atoms with E-state index in [1.807, 2.05) is 49.4 Å². The molecular formula is C22H17N2O2+. The highest BCUT2D eigenvalue weighted by Crippen LogP contribution is 2.27. The van der Waals surface area contributed by atoms with Crippen LogP contribution in [0.1, 0.15) is 26.3 Å². The minimum Gasteiger partial charge on any atom is -0.347 e. The third kappa shape index (κ3) is 2.71. The minimum absolute atomic E-state index is 0.175. The fourth-order valence-corrected chi connectivity index (χ4v) is 3.05. The van der Waals surface area contributed by atoms with Gasteiger partial charge in [-0.3, -0.25) is 9.59 Å². The van der Waals surface area contributed by atoms with E-state index >= 15 is 0 Å². The molecule has 0 fully saturated rings. The van der Waals surface area contributed by atoms with E-state index in [1.54, 1.807) is 41.2 Å². The molecule has 1 heterocycles. The molecule has 0 spiro atoms. The maximum atomic E-state index is 13.1. The van der Waals surface area contributed by atoms with Crippen LogP contribution in [0.2, 0.25) is 0 Å². The molecule has 0 aliphatic heterocycles. The summed E-state index contributed by atoms with van der Waals surface area (Å²) in [5, 5.41) is 3.17. The standard InChI is InChI=1S/C22H16N2O2/c1-15-9-11-16(12-10-15)23-19-20(24-13-5-2-6-14-24)22(26)18-8-4-3-7-17(18)21(19)25/h2-14H,1H3/p+1. The molecule has 1 N–H and O–H groups in total. The Morgan fingerprint density at radius 2 is 1.35 bits per heavy atom. The number of carbonyl (C=O) groups is 2. The largest absolute Gasteiger partial charge is 0.347 e. The Kier molecular flexibility index (Phi) is 3.93. The van der Waals surface area contributed by atoms with Gasteiger partial charge >= 0.3 is 0 Å². The Morgan fingerprint density at radius 1 is 0.731 bits per heavy atom. The summed E-state index contributed by atoms with van der Waals surface area (Å²) < 4.78 is 1.69. The zero-order valence-electron chi connectivity index (χ0n) is 14.3. The van der Waals surface area contributed by atoms with Gasteiger partial charge in [-0.2, -0.15) is 4.57 Å². The first kappa shape index (κ1) is 16.0. The lowest BCUT2D eigenvalue weighted by Crippen LogP contribution is -2.41. The Balaban J connectivity index is 1.90. The lowest BCUT2D eigenvalue weighted by molar-refractivity contribution is -0.577. The number of ketones is 2. The Morgan fingerprint density at radius 3 is 2.00 bits per heavy atom. The van der Waals surface area contributed by atoms with Crippen LogP contribution in [0.5, 0.6) is 0 Å². The van der Waals surface area contributed by atoms with Crippen molar-refractivity contribution in [1.29, 1.82) is 0 Å². The smallest absolute Gasteiger partial charge is 0.286 e. The molecule has 0 unspecified atom stereocenters. The summed E-state index contributed by atoms with van der Waals surface area (Å²) in [4.78, 5) is 26.3. The van der Waals surface area contributed by atoms with Crippen LogP contribution in [-0.2, 0) is 0 Å². The Bertz CT molecular complexity index is 1040. The number of allylic oxidation sites excluding steroid dienone is 2. The molecule has 0 saturated carbocycles. The molecule has 2 aromatic carbocycles. The number of nitrogens with one attached hydrogen (secondary N) is 1. The van der Waals surface area contributed by atoms with Gasteiger partial charge in [0.05, 0.1) is 0 Å². The van der Waals surface area contributed by atoms with Crippen LogP contribution in [0.3, 0.4) is 0 Å². The van der Waals surface area contributed by atoms with Gasteiger partial charge in [0.1, 0.15) is 0 Å². The van der Waals surface area contributed by atoms with Gasteiger partial charge in [-0.25, -0.2) is 0 Å². The molecule has 4 rings (SSSR count). The molecular weight excluding hydrogens is 324 g/mol. The summed E-state index contributed by atoms with van der Waals surface area (Å²) in [6, 6.07) is 20.2. The molecule has 1 aliphatic rings. The van der Waals surface area contributed by atoms with E-state index in [9.17, 15) is 9.59 Å². The predicted octanol–water partition coefficient (Wildman–Crippen LogP) is 3.64. The number of carbonyl (C=O) groups excluding carboxylic acids is 2. The SMILES string of the molecule is Cc1ccc(NC2=C([n+]3ccccc3)C(=O)c3ccccc3C2=O)cc1. The summed E-state index contributed by atoms with van der Waals surface area (Å²) in [6.45, 7) is 2.00. The van der Waals surface area contributed by atoms with Crippen LogP contribution in [0, 0.1) is 6.92 Å². The number of aromatic nitrogens is 1. The van der Waals surface area contributed by atoms with Crippen LogP contribution >= 0.6 is 0 Å². The van der Waals surface area contributed by atoms with Crippen LogP contribution in [0.15, 0.2) is 84.8 Å². The number of hydrogen-bond donors (Lipinski definition) is 1. The number of Topliss-reactive ketones (excluding diaryl/α,β-unsaturated/α-hetero) is 2. The van der Waals surface area contributed by atoms with Crippen LogP contribution in [0.25, 0.3) is 5.70 Å². The van der Waals surface area contributed by atoms with Gasteiger partial charge in [0.25, 0.3) is 11.5 Å². The Hall–Kier alpha value is -3.53. The molecule has 1 aliphatic carbocycles. The first-order chi connectivity index (χ1) is 12.6. The number of nitrogens with zero attached hydrogens (tertiary/aromatic N) is 1. The van der Waals surface area contributed by atoms with Crippen molar-refractivity contribution in [2.75, 3.05) is 5.32 Å². The second-order valence-corrected chi connectivity index (χ2v) is 6.20. The lowest BCUT2D eigenvalue weighted by Gasteiger charge is -2.18. The highest BCUT2D eigenvalue weighted by atomic mass is 16.1. The molecule has 0 saturated heterocycles. The van der Waals surface area contributed by atoms with Crippen molar-refractivity contribution in [3.8, 4) is 0 Å². The topological polar surface area (TPSA) is 50.1 Å². The van der Waals surface area contributed by atoms with Crippen LogP contribution in [-0.4, -0.2) is 11.6 Å². The van der Waals surface area contributed by atoms with Crippen molar-refractivity contribution in [2.24, 2.45) is 0 Å². The number of anilines is 1. The first-order valence-corrected chi connectivity index (χ1v) is 8.38. The Labute approximate surface area is 151 Å². The fourth-order valence-electron chi connectivity index (χ4n) is 3.05. The third-order valence-electron chi connectivity index (χ3n) is 4.39. The molecule has 1 aromatic heterocycles. The molecule has 0 radical (unpaired) electrons. The van der Waals surface area contributed by atoms with Gasteiger partial charge in [-0.05, 0) is 19.1 Å². The van der Waals surface area contributed by atoms with Gasteiger partial charge in [0.2, 0.25) is 5.78 Å². The zero-order valence-corrected chi connectivity index (χ0v) is 14.3. The van der Waals surface area contributed by atoms with Crippen LogP contribution in [0.4, 0.5) is 5.69 Å². The number of pyridine rings is 1. The normalized spacial score (nSPS) is 13.6. The van der Waals surface area contributed by atoms with Crippen molar-refractivity contribution in [3.05, 3.63) is 102 Å². The van der Waals surface area contributed by atoms with Crippen molar-refractivity contribution in [3.63, 3.8) is 0 Å². The number of rotatable bonds is 3. The van der Waals surface area contributed by atoms with Crippen LogP contribution < -0.4 is 9.88 Å². The summed E-state index contributed by atoms with van der Waals surface area (Å²) in [5.41, 5.74) is 3.35. The molecule has 4 heteroatoms. The maximum Gasteiger partial charge on any atom is 0.286 e. The van der Waals surface area contributed by atoms with E-state index in [1.165, 1.54) is 0 Å². The van der Waals surface area contributed by atoms with Crippen molar-refractivity contribution >= 4 is 23.0 Å². The molecule has 3 aromatic rings. The average molecular weight is 341 g/mol. The van der Waals surface area contributed by atoms with E-state index < -0.39 is 0 Å². The number of hydrogen-bond acceptors (Lipinski definition) is 3. The molecule has 4 nitrogen and oxygen atoms in total. The van der Waals surface area contributed by atoms with Crippen molar-refractivity contribution in [1.82, 2.24) is 0 Å². The average Bonchev–Trinajstić information content (AvgIpc) is 2.68. The summed E-state index contributed by atoms with van der Waals surface area (Å²) in [6.07, 6.45) is 3.54. The second kappa shape index (κ2) is 6.41. The zero-order chi connectivity index (χ0) is 18.1. The van der Waals surface area contributed by atoms with Gasteiger partial charge in [0.15, 0.2) is 18.1 Å². The highest BCUT2D eigenvalue weighted by Gasteiger charge is 2.38. The van der Waals surface area contributed by atoms with E-state index in [0.29, 0.717) is 16.8 Å². The third-order valence-corrected chi connectivity index (χ3v) is 4.39. The minimum atomic E-state index is -0.188. The molecule has 26 heavy (non-hydrogen) atoms. The molecule has 126 valence electrons. The quantitative estimate of drug-likeness (QED) is 0.740. The molecule has 0 bridgehead atoms. The molecule has 0 amide bonds. The highest BCUT2D eigenvalue weighted by molar-refractivity contribution is 6.36. The number of fused-ring (bicyclic) bond motifs is 1. The molecule has 0 atom stereocenters. The second-order valence-electron chi connectivity index (χ2n) is 6.20. The van der Waals surface area contributed by atoms with E-state index in [0.717, 1.165) is 11.3 Å². The fraction of sp³-hybridized carbons (Fsp3) is 0.0455. The van der Waals surface area contributed by atoms with Gasteiger partial charge in [-0.1, -0.05) is 48.0 Å². The first-order valence-electron chi connectivity index (χ1n) is 8.38. The van der Waals surface area contributed by atoms with Gasteiger partial charge in [0, 0.05) is 28.9 Å². The monoisotopic (exact) mass is 341 g/mol. The van der Waals surface area contributed by atoms with Crippen molar-refractivity contribution < 1.29 is 14.2 Å². The van der Waals surface area contributed by atoms with E-state index in [-0.39, 0.29) is 17.3 Å². The maximum absolute atomic E-state index is 13.1. The van der Waals surface area contributed by atoms with E-state index in [2.05, 4.69) is 5.32 Å². The van der Waals surface area contributed by atoms with Crippen molar-refractivity contribution in [2.45, 2.75) is 6.92 Å². The lowest BCUT2D eigenvalue weighted by atomic mass is 9.90.